The molecule has 5 heteroatoms. The largest absolute Gasteiger partial charge is 1.00 e. The first-order chi connectivity index (χ1) is 5.11. The van der Waals surface area contributed by atoms with E-state index in [1.807, 2.05) is 0 Å². The van der Waals surface area contributed by atoms with Gasteiger partial charge in [0.25, 0.3) is 0 Å². The summed E-state index contributed by atoms with van der Waals surface area (Å²) < 4.78 is 0. The number of anilines is 2. The fraction of sp³-hybridized carbons (Fsp3) is 0. The first-order valence-corrected chi connectivity index (χ1v) is 2.97. The summed E-state index contributed by atoms with van der Waals surface area (Å²) in [6.45, 7) is 0. The molecule has 0 fully saturated rings. The van der Waals surface area contributed by atoms with Crippen molar-refractivity contribution in [3.05, 3.63) is 23.8 Å². The van der Waals surface area contributed by atoms with Crippen molar-refractivity contribution in [2.75, 3.05) is 11.5 Å². The Kier molecular flexibility index (Phi) is 4.80. The number of carbonyl (C=O) groups excluding carboxylic acids is 1. The van der Waals surface area contributed by atoms with Gasteiger partial charge in [-0.2, -0.15) is 0 Å². The van der Waals surface area contributed by atoms with Gasteiger partial charge in [0.15, 0.2) is 0 Å². The van der Waals surface area contributed by atoms with Crippen LogP contribution in [0.1, 0.15) is 10.4 Å². The summed E-state index contributed by atoms with van der Waals surface area (Å²) in [5.41, 5.74) is 11.1. The van der Waals surface area contributed by atoms with E-state index in [0.29, 0.717) is 5.69 Å². The minimum atomic E-state index is -1.31. The van der Waals surface area contributed by atoms with Crippen molar-refractivity contribution in [2.45, 2.75) is 0 Å². The summed E-state index contributed by atoms with van der Waals surface area (Å²) >= 11 is 0. The van der Waals surface area contributed by atoms with Crippen molar-refractivity contribution in [3.63, 3.8) is 0 Å². The van der Waals surface area contributed by atoms with Gasteiger partial charge in [-0.3, -0.25) is 0 Å². The second-order valence-corrected chi connectivity index (χ2v) is 2.13. The Morgan fingerprint density at radius 1 is 1.33 bits per heavy atom. The molecule has 0 spiro atoms. The van der Waals surface area contributed by atoms with E-state index in [1.54, 1.807) is 0 Å². The Morgan fingerprint density at radius 2 is 1.92 bits per heavy atom. The standard InChI is InChI=1S/C7H8N2O2.K/c8-4-1-2-6(9)5(3-4)7(10)11;/h1-3H,8-9H2,(H,10,11);/q;+1/p-1. The number of carbonyl (C=O) groups is 1. The van der Waals surface area contributed by atoms with Gasteiger partial charge in [-0.15, -0.1) is 0 Å². The average molecular weight is 190 g/mol. The zero-order chi connectivity index (χ0) is 8.43. The van der Waals surface area contributed by atoms with E-state index in [0.717, 1.165) is 0 Å². The number of hydrogen-bond donors (Lipinski definition) is 2. The van der Waals surface area contributed by atoms with Gasteiger partial charge < -0.3 is 21.4 Å². The Balaban J connectivity index is 0.00000121. The van der Waals surface area contributed by atoms with Crippen LogP contribution in [0.5, 0.6) is 0 Å². The third-order valence-corrected chi connectivity index (χ3v) is 1.30. The molecule has 0 atom stereocenters. The van der Waals surface area contributed by atoms with E-state index < -0.39 is 5.97 Å². The van der Waals surface area contributed by atoms with Gasteiger partial charge in [-0.1, -0.05) is 0 Å². The third-order valence-electron chi connectivity index (χ3n) is 1.30. The van der Waals surface area contributed by atoms with Gasteiger partial charge in [-0.25, -0.2) is 0 Å². The van der Waals surface area contributed by atoms with Gasteiger partial charge in [0.2, 0.25) is 0 Å². The van der Waals surface area contributed by atoms with Crippen LogP contribution in [0.15, 0.2) is 18.2 Å². The maximum Gasteiger partial charge on any atom is 1.00 e. The van der Waals surface area contributed by atoms with E-state index >= 15 is 0 Å². The number of rotatable bonds is 1. The number of nitrogens with two attached hydrogens (primary N) is 2. The fourth-order valence-corrected chi connectivity index (χ4v) is 0.751. The van der Waals surface area contributed by atoms with Crippen LogP contribution in [-0.2, 0) is 0 Å². The minimum absolute atomic E-state index is 0. The number of benzene rings is 1. The molecule has 0 unspecified atom stereocenters. The molecule has 0 amide bonds. The number of hydrogen-bond acceptors (Lipinski definition) is 4. The molecule has 4 N–H and O–H groups in total. The van der Waals surface area contributed by atoms with E-state index in [4.69, 9.17) is 11.5 Å². The molecule has 1 aromatic carbocycles. The predicted molar refractivity (Wildman–Crippen MR) is 39.6 cm³/mol. The van der Waals surface area contributed by atoms with Gasteiger partial charge in [-0.05, 0) is 18.2 Å². The minimum Gasteiger partial charge on any atom is -0.545 e. The maximum atomic E-state index is 10.3. The smallest absolute Gasteiger partial charge is 0.545 e. The summed E-state index contributed by atoms with van der Waals surface area (Å²) in [6, 6.07) is 4.23. The first-order valence-electron chi connectivity index (χ1n) is 2.97. The number of carboxylic acids is 1. The SMILES string of the molecule is Nc1ccc(N)c(C(=O)[O-])c1.[K+]. The molecule has 0 bridgehead atoms. The molecule has 0 aliphatic rings. The van der Waals surface area contributed by atoms with Crippen molar-refractivity contribution in [2.24, 2.45) is 0 Å². The first kappa shape index (κ1) is 11.9. The Bertz CT molecular complexity index is 301. The molecule has 0 saturated carbocycles. The summed E-state index contributed by atoms with van der Waals surface area (Å²) in [7, 11) is 0. The van der Waals surface area contributed by atoms with Gasteiger partial charge in [0, 0.05) is 16.9 Å². The monoisotopic (exact) mass is 190 g/mol. The topological polar surface area (TPSA) is 92.2 Å². The summed E-state index contributed by atoms with van der Waals surface area (Å²) in [5, 5.41) is 10.3. The average Bonchev–Trinajstić information content (AvgIpc) is 1.94. The zero-order valence-electron chi connectivity index (χ0n) is 6.70. The summed E-state index contributed by atoms with van der Waals surface area (Å²) in [5.74, 6) is -1.31. The van der Waals surface area contributed by atoms with Crippen molar-refractivity contribution < 1.29 is 61.3 Å². The number of carboxylic acid groups (broad SMARTS) is 1. The Hall–Kier alpha value is -0.0736. The molecule has 12 heavy (non-hydrogen) atoms. The molecule has 1 aromatic rings. The second kappa shape index (κ2) is 4.83. The fourth-order valence-electron chi connectivity index (χ4n) is 0.751. The molecule has 0 aliphatic heterocycles. The van der Waals surface area contributed by atoms with Crippen molar-refractivity contribution in [1.29, 1.82) is 0 Å². The van der Waals surface area contributed by atoms with Crippen LogP contribution in [0.4, 0.5) is 11.4 Å². The van der Waals surface area contributed by atoms with Crippen LogP contribution in [0.2, 0.25) is 0 Å². The van der Waals surface area contributed by atoms with Gasteiger partial charge >= 0.3 is 51.4 Å². The molecule has 1 rings (SSSR count). The Labute approximate surface area is 112 Å². The van der Waals surface area contributed by atoms with Crippen LogP contribution >= 0.6 is 0 Å². The van der Waals surface area contributed by atoms with Crippen molar-refractivity contribution in [1.82, 2.24) is 0 Å². The zero-order valence-corrected chi connectivity index (χ0v) is 9.83. The van der Waals surface area contributed by atoms with Crippen molar-refractivity contribution in [3.8, 4) is 0 Å². The van der Waals surface area contributed by atoms with E-state index in [9.17, 15) is 9.90 Å². The van der Waals surface area contributed by atoms with Crippen LogP contribution in [0, 0.1) is 0 Å². The molecule has 0 aliphatic carbocycles. The molecule has 4 nitrogen and oxygen atoms in total. The molecule has 0 heterocycles. The van der Waals surface area contributed by atoms with E-state index in [2.05, 4.69) is 0 Å². The molecule has 0 saturated heterocycles. The molecular weight excluding hydrogens is 183 g/mol. The molecular formula is C7H7KN2O2. The number of nitrogen functional groups attached to an aromatic ring is 2. The second-order valence-electron chi connectivity index (χ2n) is 2.13. The summed E-state index contributed by atoms with van der Waals surface area (Å²) in [6.07, 6.45) is 0. The Morgan fingerprint density at radius 3 is 2.33 bits per heavy atom. The maximum absolute atomic E-state index is 10.3. The van der Waals surface area contributed by atoms with E-state index in [-0.39, 0.29) is 62.6 Å². The van der Waals surface area contributed by atoms with Gasteiger partial charge in [0.05, 0.1) is 5.97 Å². The summed E-state index contributed by atoms with van der Waals surface area (Å²) in [4.78, 5) is 10.3. The van der Waals surface area contributed by atoms with Crippen LogP contribution in [-0.4, -0.2) is 5.97 Å². The van der Waals surface area contributed by atoms with Crippen molar-refractivity contribution >= 4 is 17.3 Å². The molecule has 0 aromatic heterocycles. The van der Waals surface area contributed by atoms with Gasteiger partial charge in [0.1, 0.15) is 0 Å². The quantitative estimate of drug-likeness (QED) is 0.351. The molecule has 58 valence electrons. The molecule has 0 radical (unpaired) electrons. The number of aromatic carboxylic acids is 1. The predicted octanol–water partition coefficient (Wildman–Crippen LogP) is -3.78. The van der Waals surface area contributed by atoms with Crippen LogP contribution in [0.25, 0.3) is 0 Å². The van der Waals surface area contributed by atoms with Crippen LogP contribution in [0.3, 0.4) is 0 Å². The third kappa shape index (κ3) is 2.76. The van der Waals surface area contributed by atoms with E-state index in [1.165, 1.54) is 18.2 Å². The normalized spacial score (nSPS) is 8.67. The van der Waals surface area contributed by atoms with Crippen LogP contribution < -0.4 is 68.0 Å².